The predicted molar refractivity (Wildman–Crippen MR) is 92.2 cm³/mol. The summed E-state index contributed by atoms with van der Waals surface area (Å²) in [6.45, 7) is 0. The maximum absolute atomic E-state index is 4.31. The van der Waals surface area contributed by atoms with E-state index in [4.69, 9.17) is 0 Å². The maximum atomic E-state index is 4.31. The fourth-order valence-corrected chi connectivity index (χ4v) is 3.57. The zero-order valence-corrected chi connectivity index (χ0v) is 13.0. The topological polar surface area (TPSA) is 57.4 Å². The molecular weight excluding hydrogens is 304 g/mol. The van der Waals surface area contributed by atoms with Crippen molar-refractivity contribution in [2.24, 2.45) is 0 Å². The zero-order chi connectivity index (χ0) is 15.5. The Kier molecular flexibility index (Phi) is 3.70. The van der Waals surface area contributed by atoms with E-state index in [1.165, 1.54) is 9.79 Å². The van der Waals surface area contributed by atoms with Gasteiger partial charge >= 0.3 is 0 Å². The van der Waals surface area contributed by atoms with Crippen LogP contribution in [0.1, 0.15) is 0 Å². The molecule has 2 aromatic carbocycles. The van der Waals surface area contributed by atoms with Crippen molar-refractivity contribution >= 4 is 11.8 Å². The van der Waals surface area contributed by atoms with Gasteiger partial charge in [-0.15, -0.1) is 0 Å². The van der Waals surface area contributed by atoms with E-state index >= 15 is 0 Å². The van der Waals surface area contributed by atoms with Crippen molar-refractivity contribution < 1.29 is 0 Å². The molecule has 4 aromatic rings. The van der Waals surface area contributed by atoms with Crippen LogP contribution in [0.25, 0.3) is 22.5 Å². The van der Waals surface area contributed by atoms with Crippen LogP contribution in [0.4, 0.5) is 0 Å². The Morgan fingerprint density at radius 2 is 1.09 bits per heavy atom. The van der Waals surface area contributed by atoms with Gasteiger partial charge in [0.05, 0.1) is 11.4 Å². The lowest BCUT2D eigenvalue weighted by Gasteiger charge is -2.10. The second-order valence-corrected chi connectivity index (χ2v) is 6.10. The van der Waals surface area contributed by atoms with Crippen molar-refractivity contribution in [1.82, 2.24) is 20.4 Å². The number of aromatic nitrogens is 4. The van der Waals surface area contributed by atoms with Crippen molar-refractivity contribution in [3.63, 3.8) is 0 Å². The molecule has 0 aliphatic rings. The molecule has 4 nitrogen and oxygen atoms in total. The third-order valence-corrected chi connectivity index (χ3v) is 4.70. The van der Waals surface area contributed by atoms with E-state index in [-0.39, 0.29) is 0 Å². The molecule has 0 spiro atoms. The van der Waals surface area contributed by atoms with Gasteiger partial charge in [-0.05, 0) is 24.3 Å². The minimum atomic E-state index is 0.949. The number of nitrogens with zero attached hydrogens (tertiary/aromatic N) is 2. The van der Waals surface area contributed by atoms with E-state index in [0.717, 1.165) is 22.5 Å². The Morgan fingerprint density at radius 3 is 1.52 bits per heavy atom. The summed E-state index contributed by atoms with van der Waals surface area (Å²) >= 11 is 1.73. The first-order chi connectivity index (χ1) is 11.4. The standard InChI is InChI=1S/C18H14N4S/c1-3-7-17(13(5-1)15-9-11-19-21-15)23-18-8-4-2-6-14(18)16-10-12-20-22-16/h1-12H,(H,19,21)(H,20,22). The summed E-state index contributed by atoms with van der Waals surface area (Å²) in [7, 11) is 0. The molecule has 0 radical (unpaired) electrons. The molecule has 2 aromatic heterocycles. The maximum Gasteiger partial charge on any atom is 0.0931 e. The largest absolute Gasteiger partial charge is 0.285 e. The van der Waals surface area contributed by atoms with Gasteiger partial charge in [0.2, 0.25) is 0 Å². The van der Waals surface area contributed by atoms with Crippen LogP contribution in [0.5, 0.6) is 0 Å². The monoisotopic (exact) mass is 318 g/mol. The van der Waals surface area contributed by atoms with E-state index in [1.54, 1.807) is 11.8 Å². The summed E-state index contributed by atoms with van der Waals surface area (Å²) in [6.07, 6.45) is 3.68. The highest BCUT2D eigenvalue weighted by atomic mass is 32.2. The van der Waals surface area contributed by atoms with Crippen LogP contribution in [-0.2, 0) is 0 Å². The number of rotatable bonds is 4. The minimum Gasteiger partial charge on any atom is -0.285 e. The number of hydrogen-bond acceptors (Lipinski definition) is 3. The lowest BCUT2D eigenvalue weighted by Crippen LogP contribution is -1.86. The van der Waals surface area contributed by atoms with Crippen LogP contribution in [0.3, 0.4) is 0 Å². The molecule has 5 heteroatoms. The quantitative estimate of drug-likeness (QED) is 0.577. The molecule has 23 heavy (non-hydrogen) atoms. The molecule has 0 bridgehead atoms. The van der Waals surface area contributed by atoms with Gasteiger partial charge in [0.25, 0.3) is 0 Å². The average molecular weight is 318 g/mol. The summed E-state index contributed by atoms with van der Waals surface area (Å²) in [5.41, 5.74) is 4.14. The molecular formula is C18H14N4S. The van der Waals surface area contributed by atoms with Crippen LogP contribution in [0, 0.1) is 0 Å². The van der Waals surface area contributed by atoms with Gasteiger partial charge in [-0.25, -0.2) is 0 Å². The highest BCUT2D eigenvalue weighted by Gasteiger charge is 2.12. The lowest BCUT2D eigenvalue weighted by atomic mass is 10.1. The highest BCUT2D eigenvalue weighted by Crippen LogP contribution is 2.39. The van der Waals surface area contributed by atoms with Gasteiger partial charge in [-0.3, -0.25) is 10.2 Å². The number of aromatic amines is 2. The second-order valence-electron chi connectivity index (χ2n) is 5.01. The predicted octanol–water partition coefficient (Wildman–Crippen LogP) is 4.62. The number of nitrogens with one attached hydrogen (secondary N) is 2. The molecule has 0 aliphatic carbocycles. The van der Waals surface area contributed by atoms with Crippen LogP contribution in [-0.4, -0.2) is 20.4 Å². The normalized spacial score (nSPS) is 10.8. The SMILES string of the molecule is c1ccc(-c2cc[nH]n2)c(Sc2ccccc2-c2cc[nH]n2)c1. The third kappa shape index (κ3) is 2.78. The highest BCUT2D eigenvalue weighted by molar-refractivity contribution is 7.99. The van der Waals surface area contributed by atoms with E-state index in [0.29, 0.717) is 0 Å². The molecule has 0 amide bonds. The van der Waals surface area contributed by atoms with E-state index in [1.807, 2.05) is 36.7 Å². The Bertz CT molecular complexity index is 823. The first-order valence-corrected chi connectivity index (χ1v) is 8.10. The number of benzene rings is 2. The second kappa shape index (κ2) is 6.14. The molecule has 2 heterocycles. The molecule has 0 atom stereocenters. The molecule has 0 saturated heterocycles. The summed E-state index contributed by atoms with van der Waals surface area (Å²) in [5, 5.41) is 14.4. The first kappa shape index (κ1) is 13.8. The Morgan fingerprint density at radius 1 is 0.609 bits per heavy atom. The Hall–Kier alpha value is -2.79. The van der Waals surface area contributed by atoms with Crippen molar-refractivity contribution in [1.29, 1.82) is 0 Å². The molecule has 0 unspecified atom stereocenters. The summed E-state index contributed by atoms with van der Waals surface area (Å²) in [5.74, 6) is 0. The van der Waals surface area contributed by atoms with Gasteiger partial charge in [0.1, 0.15) is 0 Å². The van der Waals surface area contributed by atoms with Gasteiger partial charge < -0.3 is 0 Å². The van der Waals surface area contributed by atoms with E-state index in [2.05, 4.69) is 56.8 Å². The molecule has 112 valence electrons. The molecule has 2 N–H and O–H groups in total. The van der Waals surface area contributed by atoms with Crippen molar-refractivity contribution in [2.75, 3.05) is 0 Å². The summed E-state index contributed by atoms with van der Waals surface area (Å²) in [6, 6.07) is 20.6. The smallest absolute Gasteiger partial charge is 0.0931 e. The van der Waals surface area contributed by atoms with Crippen molar-refractivity contribution in [3.8, 4) is 22.5 Å². The summed E-state index contributed by atoms with van der Waals surface area (Å²) < 4.78 is 0. The number of H-pyrrole nitrogens is 2. The van der Waals surface area contributed by atoms with Gasteiger partial charge in [-0.2, -0.15) is 10.2 Å². The van der Waals surface area contributed by atoms with Crippen LogP contribution < -0.4 is 0 Å². The lowest BCUT2D eigenvalue weighted by molar-refractivity contribution is 1.09. The third-order valence-electron chi connectivity index (χ3n) is 3.55. The average Bonchev–Trinajstić information content (AvgIpc) is 3.30. The summed E-state index contributed by atoms with van der Waals surface area (Å²) in [4.78, 5) is 2.34. The molecule has 0 saturated carbocycles. The van der Waals surface area contributed by atoms with Gasteiger partial charge in [0, 0.05) is 33.3 Å². The van der Waals surface area contributed by atoms with Crippen LogP contribution in [0.15, 0.2) is 82.8 Å². The van der Waals surface area contributed by atoms with Crippen molar-refractivity contribution in [2.45, 2.75) is 9.79 Å². The first-order valence-electron chi connectivity index (χ1n) is 7.28. The number of hydrogen-bond donors (Lipinski definition) is 2. The molecule has 0 aliphatic heterocycles. The minimum absolute atomic E-state index is 0.949. The zero-order valence-electron chi connectivity index (χ0n) is 12.2. The Labute approximate surface area is 138 Å². The Balaban J connectivity index is 1.76. The van der Waals surface area contributed by atoms with Crippen molar-refractivity contribution in [3.05, 3.63) is 73.1 Å². The van der Waals surface area contributed by atoms with E-state index in [9.17, 15) is 0 Å². The molecule has 4 rings (SSSR count). The van der Waals surface area contributed by atoms with Gasteiger partial charge in [0.15, 0.2) is 0 Å². The molecule has 0 fully saturated rings. The van der Waals surface area contributed by atoms with Gasteiger partial charge in [-0.1, -0.05) is 48.2 Å². The van der Waals surface area contributed by atoms with Crippen LogP contribution >= 0.6 is 11.8 Å². The van der Waals surface area contributed by atoms with Crippen LogP contribution in [0.2, 0.25) is 0 Å². The van der Waals surface area contributed by atoms with E-state index < -0.39 is 0 Å². The fourth-order valence-electron chi connectivity index (χ4n) is 2.47. The fraction of sp³-hybridized carbons (Fsp3) is 0.